The number of alkyl halides is 3. The number of pyridine rings is 1. The summed E-state index contributed by atoms with van der Waals surface area (Å²) < 4.78 is 38.4. The van der Waals surface area contributed by atoms with Crippen LogP contribution >= 0.6 is 23.2 Å². The van der Waals surface area contributed by atoms with Gasteiger partial charge in [-0.15, -0.1) is 0 Å². The van der Waals surface area contributed by atoms with E-state index in [-0.39, 0.29) is 18.1 Å². The van der Waals surface area contributed by atoms with Crippen molar-refractivity contribution in [1.82, 2.24) is 15.2 Å². The lowest BCUT2D eigenvalue weighted by atomic mass is 10.0. The monoisotopic (exact) mass is 486 g/mol. The first-order valence-corrected chi connectivity index (χ1v) is 10.3. The summed E-state index contributed by atoms with van der Waals surface area (Å²) in [5, 5.41) is 5.18. The van der Waals surface area contributed by atoms with Gasteiger partial charge in [-0.1, -0.05) is 29.3 Å². The maximum atomic E-state index is 12.8. The largest absolute Gasteiger partial charge is 0.417 e. The van der Waals surface area contributed by atoms with E-state index in [1.165, 1.54) is 11.8 Å². The maximum absolute atomic E-state index is 12.8. The minimum absolute atomic E-state index is 0.155. The highest BCUT2D eigenvalue weighted by Crippen LogP contribution is 2.36. The number of hydrogen-bond acceptors (Lipinski definition) is 3. The molecule has 2 N–H and O–H groups in total. The SMILES string of the molecule is CC(=O)NCc1cnc(C2=CCN(C(=O)Nc3ccc(C(F)(F)F)c(Cl)c3)CC2)c(Cl)c1. The van der Waals surface area contributed by atoms with Crippen LogP contribution in [-0.2, 0) is 17.5 Å². The van der Waals surface area contributed by atoms with E-state index in [1.807, 2.05) is 6.08 Å². The van der Waals surface area contributed by atoms with Gasteiger partial charge in [-0.25, -0.2) is 4.79 Å². The summed E-state index contributed by atoms with van der Waals surface area (Å²) in [6.45, 7) is 2.40. The molecule has 1 aliphatic heterocycles. The highest BCUT2D eigenvalue weighted by Gasteiger charge is 2.33. The Kier molecular flexibility index (Phi) is 7.30. The number of amides is 3. The Hall–Kier alpha value is -2.78. The summed E-state index contributed by atoms with van der Waals surface area (Å²) in [5.41, 5.74) is 1.45. The molecule has 0 atom stereocenters. The second kappa shape index (κ2) is 9.79. The summed E-state index contributed by atoms with van der Waals surface area (Å²) in [4.78, 5) is 29.4. The van der Waals surface area contributed by atoms with Crippen molar-refractivity contribution < 1.29 is 22.8 Å². The van der Waals surface area contributed by atoms with Crippen molar-refractivity contribution in [2.75, 3.05) is 18.4 Å². The molecule has 0 saturated carbocycles. The van der Waals surface area contributed by atoms with Crippen LogP contribution in [0.15, 0.2) is 36.5 Å². The van der Waals surface area contributed by atoms with Crippen LogP contribution in [0.4, 0.5) is 23.7 Å². The number of aromatic nitrogens is 1. The highest BCUT2D eigenvalue weighted by atomic mass is 35.5. The fraction of sp³-hybridized carbons (Fsp3) is 0.286. The average Bonchev–Trinajstić information content (AvgIpc) is 2.71. The molecule has 3 rings (SSSR count). The lowest BCUT2D eigenvalue weighted by Crippen LogP contribution is -2.38. The Morgan fingerprint density at radius 2 is 1.94 bits per heavy atom. The van der Waals surface area contributed by atoms with Crippen LogP contribution in [0.2, 0.25) is 10.0 Å². The van der Waals surface area contributed by atoms with Crippen LogP contribution in [-0.4, -0.2) is 34.9 Å². The van der Waals surface area contributed by atoms with Gasteiger partial charge in [-0.2, -0.15) is 13.2 Å². The molecule has 0 fully saturated rings. The molecule has 3 amide bonds. The van der Waals surface area contributed by atoms with Crippen LogP contribution < -0.4 is 10.6 Å². The lowest BCUT2D eigenvalue weighted by Gasteiger charge is -2.27. The first kappa shape index (κ1) is 23.9. The molecule has 0 aliphatic carbocycles. The molecule has 2 aromatic rings. The molecule has 170 valence electrons. The molecular weight excluding hydrogens is 468 g/mol. The highest BCUT2D eigenvalue weighted by molar-refractivity contribution is 6.32. The van der Waals surface area contributed by atoms with Gasteiger partial charge < -0.3 is 15.5 Å². The van der Waals surface area contributed by atoms with Gasteiger partial charge in [-0.3, -0.25) is 9.78 Å². The summed E-state index contributed by atoms with van der Waals surface area (Å²) in [6, 6.07) is 4.33. The van der Waals surface area contributed by atoms with Gasteiger partial charge in [0.1, 0.15) is 0 Å². The van der Waals surface area contributed by atoms with E-state index in [9.17, 15) is 22.8 Å². The molecule has 0 bridgehead atoms. The van der Waals surface area contributed by atoms with Gasteiger partial charge in [0.15, 0.2) is 0 Å². The second-order valence-corrected chi connectivity index (χ2v) is 7.95. The number of nitrogens with zero attached hydrogens (tertiary/aromatic N) is 2. The van der Waals surface area contributed by atoms with E-state index in [4.69, 9.17) is 23.2 Å². The van der Waals surface area contributed by atoms with E-state index in [0.29, 0.717) is 30.2 Å². The van der Waals surface area contributed by atoms with Crippen molar-refractivity contribution in [2.45, 2.75) is 26.1 Å². The summed E-state index contributed by atoms with van der Waals surface area (Å²) in [6.07, 6.45) is -0.611. The zero-order valence-corrected chi connectivity index (χ0v) is 18.4. The Morgan fingerprint density at radius 3 is 2.50 bits per heavy atom. The fourth-order valence-electron chi connectivity index (χ4n) is 3.13. The van der Waals surface area contributed by atoms with Gasteiger partial charge in [-0.05, 0) is 41.8 Å². The van der Waals surface area contributed by atoms with Gasteiger partial charge in [0.2, 0.25) is 5.91 Å². The number of rotatable bonds is 4. The lowest BCUT2D eigenvalue weighted by molar-refractivity contribution is -0.137. The maximum Gasteiger partial charge on any atom is 0.417 e. The van der Waals surface area contributed by atoms with Crippen molar-refractivity contribution in [1.29, 1.82) is 0 Å². The van der Waals surface area contributed by atoms with Crippen molar-refractivity contribution in [3.63, 3.8) is 0 Å². The van der Waals surface area contributed by atoms with Gasteiger partial charge >= 0.3 is 12.2 Å². The van der Waals surface area contributed by atoms with Crippen LogP contribution in [0.1, 0.15) is 30.2 Å². The predicted molar refractivity (Wildman–Crippen MR) is 116 cm³/mol. The second-order valence-electron chi connectivity index (χ2n) is 7.13. The Balaban J connectivity index is 1.63. The molecule has 6 nitrogen and oxygen atoms in total. The van der Waals surface area contributed by atoms with E-state index in [2.05, 4.69) is 15.6 Å². The number of anilines is 1. The number of carbonyl (C=O) groups excluding carboxylic acids is 2. The molecule has 32 heavy (non-hydrogen) atoms. The average molecular weight is 487 g/mol. The molecule has 1 aliphatic rings. The number of nitrogens with one attached hydrogen (secondary N) is 2. The quantitative estimate of drug-likeness (QED) is 0.610. The molecule has 1 aromatic carbocycles. The van der Waals surface area contributed by atoms with E-state index < -0.39 is 22.8 Å². The number of benzene rings is 1. The van der Waals surface area contributed by atoms with Crippen LogP contribution in [0.25, 0.3) is 5.57 Å². The predicted octanol–water partition coefficient (Wildman–Crippen LogP) is 5.36. The molecule has 0 spiro atoms. The van der Waals surface area contributed by atoms with E-state index in [1.54, 1.807) is 12.3 Å². The van der Waals surface area contributed by atoms with E-state index in [0.717, 1.165) is 29.3 Å². The van der Waals surface area contributed by atoms with Crippen molar-refractivity contribution in [3.05, 3.63) is 63.4 Å². The van der Waals surface area contributed by atoms with Crippen LogP contribution in [0, 0.1) is 0 Å². The number of halogens is 5. The minimum Gasteiger partial charge on any atom is -0.352 e. The molecule has 0 radical (unpaired) electrons. The number of carbonyl (C=O) groups is 2. The standard InChI is InChI=1S/C21H19Cl2F3N4O2/c1-12(31)27-10-13-8-18(23)19(28-11-13)14-4-6-30(7-5-14)20(32)29-15-2-3-16(17(22)9-15)21(24,25)26/h2-4,8-9,11H,5-7,10H2,1H3,(H,27,31)(H,29,32). The van der Waals surface area contributed by atoms with Crippen LogP contribution in [0.3, 0.4) is 0 Å². The smallest absolute Gasteiger partial charge is 0.352 e. The number of urea groups is 1. The Bertz CT molecular complexity index is 1070. The van der Waals surface area contributed by atoms with Crippen molar-refractivity contribution in [3.8, 4) is 0 Å². The molecular formula is C21H19Cl2F3N4O2. The third-order valence-corrected chi connectivity index (χ3v) is 5.37. The van der Waals surface area contributed by atoms with Crippen molar-refractivity contribution >= 4 is 46.4 Å². The van der Waals surface area contributed by atoms with Gasteiger partial charge in [0.25, 0.3) is 0 Å². The topological polar surface area (TPSA) is 74.3 Å². The minimum atomic E-state index is -4.56. The summed E-state index contributed by atoms with van der Waals surface area (Å²) >= 11 is 12.0. The van der Waals surface area contributed by atoms with Gasteiger partial charge in [0, 0.05) is 38.4 Å². The molecule has 0 saturated heterocycles. The third-order valence-electron chi connectivity index (χ3n) is 4.77. The summed E-state index contributed by atoms with van der Waals surface area (Å²) in [5.74, 6) is -0.155. The van der Waals surface area contributed by atoms with Gasteiger partial charge in [0.05, 0.1) is 21.3 Å². The molecule has 11 heteroatoms. The first-order chi connectivity index (χ1) is 15.0. The van der Waals surface area contributed by atoms with E-state index >= 15 is 0 Å². The van der Waals surface area contributed by atoms with Crippen LogP contribution in [0.5, 0.6) is 0 Å². The Labute approximate surface area is 192 Å². The zero-order valence-electron chi connectivity index (χ0n) is 16.9. The molecule has 1 aromatic heterocycles. The molecule has 2 heterocycles. The first-order valence-electron chi connectivity index (χ1n) is 9.55. The normalized spacial score (nSPS) is 14.1. The zero-order chi connectivity index (χ0) is 23.5. The Morgan fingerprint density at radius 1 is 1.19 bits per heavy atom. The third kappa shape index (κ3) is 5.92. The van der Waals surface area contributed by atoms with Crippen molar-refractivity contribution in [2.24, 2.45) is 0 Å². The number of hydrogen-bond donors (Lipinski definition) is 2. The molecule has 0 unspecified atom stereocenters. The summed E-state index contributed by atoms with van der Waals surface area (Å²) in [7, 11) is 0. The fourth-order valence-corrected chi connectivity index (χ4v) is 3.73.